The molecule has 0 bridgehead atoms. The molecule has 0 spiro atoms. The van der Waals surface area contributed by atoms with Crippen molar-refractivity contribution in [3.05, 3.63) is 42.2 Å². The van der Waals surface area contributed by atoms with Gasteiger partial charge in [-0.25, -0.2) is 9.78 Å². The van der Waals surface area contributed by atoms with E-state index in [1.165, 1.54) is 17.4 Å². The molecular weight excluding hydrogens is 340 g/mol. The third kappa shape index (κ3) is 4.06. The number of carbonyl (C=O) groups excluding carboxylic acids is 2. The zero-order chi connectivity index (χ0) is 17.8. The van der Waals surface area contributed by atoms with Crippen molar-refractivity contribution in [2.24, 2.45) is 0 Å². The molecule has 2 heterocycles. The van der Waals surface area contributed by atoms with Crippen LogP contribution in [0.4, 0.5) is 0 Å². The monoisotopic (exact) mass is 358 g/mol. The van der Waals surface area contributed by atoms with Crippen molar-refractivity contribution in [1.82, 2.24) is 10.3 Å². The van der Waals surface area contributed by atoms with Gasteiger partial charge in [-0.15, -0.1) is 11.3 Å². The summed E-state index contributed by atoms with van der Waals surface area (Å²) in [5, 5.41) is 3.42. The topological polar surface area (TPSA) is 81.4 Å². The third-order valence-corrected chi connectivity index (χ3v) is 4.72. The van der Waals surface area contributed by atoms with Gasteiger partial charge in [-0.2, -0.15) is 0 Å². The summed E-state index contributed by atoms with van der Waals surface area (Å²) in [6, 6.07) is 11.0. The molecule has 0 unspecified atom stereocenters. The minimum Gasteiger partial charge on any atom is -0.450 e. The zero-order valence-electron chi connectivity index (χ0n) is 13.9. The van der Waals surface area contributed by atoms with Crippen LogP contribution < -0.4 is 5.32 Å². The summed E-state index contributed by atoms with van der Waals surface area (Å²) in [5.74, 6) is -0.463. The van der Waals surface area contributed by atoms with Crippen molar-refractivity contribution in [2.75, 3.05) is 6.61 Å². The molecule has 1 N–H and O–H groups in total. The first-order valence-electron chi connectivity index (χ1n) is 7.99. The van der Waals surface area contributed by atoms with Gasteiger partial charge in [0.25, 0.3) is 5.91 Å². The SMILES string of the molecule is CC[C@H](C)NC(=O)COC(=O)c1ccc(-c2nc3ccccc3s2)o1. The first-order valence-corrected chi connectivity index (χ1v) is 8.80. The van der Waals surface area contributed by atoms with Crippen molar-refractivity contribution in [3.63, 3.8) is 0 Å². The van der Waals surface area contributed by atoms with Crippen LogP contribution in [-0.4, -0.2) is 29.5 Å². The van der Waals surface area contributed by atoms with E-state index in [4.69, 9.17) is 9.15 Å². The Morgan fingerprint density at radius 1 is 1.28 bits per heavy atom. The van der Waals surface area contributed by atoms with E-state index in [2.05, 4.69) is 10.3 Å². The van der Waals surface area contributed by atoms with Crippen molar-refractivity contribution in [2.45, 2.75) is 26.3 Å². The highest BCUT2D eigenvalue weighted by Crippen LogP contribution is 2.31. The van der Waals surface area contributed by atoms with E-state index in [-0.39, 0.29) is 24.3 Å². The van der Waals surface area contributed by atoms with Crippen LogP contribution in [0.2, 0.25) is 0 Å². The largest absolute Gasteiger partial charge is 0.450 e. The van der Waals surface area contributed by atoms with Gasteiger partial charge in [0.15, 0.2) is 17.4 Å². The smallest absolute Gasteiger partial charge is 0.374 e. The van der Waals surface area contributed by atoms with Crippen molar-refractivity contribution in [1.29, 1.82) is 0 Å². The summed E-state index contributed by atoms with van der Waals surface area (Å²) < 4.78 is 11.6. The number of rotatable bonds is 6. The Labute approximate surface area is 148 Å². The molecule has 3 aromatic rings. The predicted molar refractivity (Wildman–Crippen MR) is 95.5 cm³/mol. The molecule has 0 saturated heterocycles. The number of aromatic nitrogens is 1. The Morgan fingerprint density at radius 3 is 2.84 bits per heavy atom. The van der Waals surface area contributed by atoms with Gasteiger partial charge in [0.05, 0.1) is 10.2 Å². The van der Waals surface area contributed by atoms with Crippen molar-refractivity contribution < 1.29 is 18.7 Å². The van der Waals surface area contributed by atoms with Gasteiger partial charge in [0.2, 0.25) is 5.76 Å². The molecular formula is C18H18N2O4S. The molecule has 0 aliphatic heterocycles. The molecule has 0 radical (unpaired) electrons. The molecule has 3 rings (SSSR count). The molecule has 0 fully saturated rings. The Kier molecular flexibility index (Phi) is 5.14. The Morgan fingerprint density at radius 2 is 2.08 bits per heavy atom. The maximum absolute atomic E-state index is 12.0. The van der Waals surface area contributed by atoms with E-state index in [0.717, 1.165) is 16.6 Å². The quantitative estimate of drug-likeness (QED) is 0.681. The van der Waals surface area contributed by atoms with Crippen LogP contribution in [0.1, 0.15) is 30.8 Å². The van der Waals surface area contributed by atoms with Gasteiger partial charge in [0.1, 0.15) is 0 Å². The number of thiazole rings is 1. The second-order valence-electron chi connectivity index (χ2n) is 5.60. The molecule has 0 saturated carbocycles. The van der Waals surface area contributed by atoms with Crippen LogP contribution in [0.15, 0.2) is 40.8 Å². The molecule has 25 heavy (non-hydrogen) atoms. The number of para-hydroxylation sites is 1. The highest BCUT2D eigenvalue weighted by Gasteiger charge is 2.17. The number of benzene rings is 1. The van der Waals surface area contributed by atoms with Gasteiger partial charge in [-0.1, -0.05) is 19.1 Å². The molecule has 1 amide bonds. The van der Waals surface area contributed by atoms with Gasteiger partial charge in [-0.05, 0) is 37.6 Å². The summed E-state index contributed by atoms with van der Waals surface area (Å²) in [4.78, 5) is 28.1. The molecule has 130 valence electrons. The molecule has 1 atom stereocenters. The van der Waals surface area contributed by atoms with Gasteiger partial charge in [-0.3, -0.25) is 4.79 Å². The minimum absolute atomic E-state index is 0.0421. The fourth-order valence-corrected chi connectivity index (χ4v) is 3.09. The molecule has 6 nitrogen and oxygen atoms in total. The van der Waals surface area contributed by atoms with Crippen LogP contribution in [0.3, 0.4) is 0 Å². The van der Waals surface area contributed by atoms with Crippen LogP contribution in [0, 0.1) is 0 Å². The van der Waals surface area contributed by atoms with Gasteiger partial charge >= 0.3 is 5.97 Å². The first kappa shape index (κ1) is 17.2. The number of hydrogen-bond acceptors (Lipinski definition) is 6. The van der Waals surface area contributed by atoms with E-state index in [9.17, 15) is 9.59 Å². The lowest BCUT2D eigenvalue weighted by molar-refractivity contribution is -0.124. The van der Waals surface area contributed by atoms with Crippen LogP contribution in [-0.2, 0) is 9.53 Å². The molecule has 2 aromatic heterocycles. The number of fused-ring (bicyclic) bond motifs is 1. The van der Waals surface area contributed by atoms with E-state index in [0.29, 0.717) is 10.8 Å². The number of ether oxygens (including phenoxy) is 1. The Hall–Kier alpha value is -2.67. The van der Waals surface area contributed by atoms with Gasteiger partial charge < -0.3 is 14.5 Å². The summed E-state index contributed by atoms with van der Waals surface area (Å²) in [7, 11) is 0. The number of furan rings is 1. The van der Waals surface area contributed by atoms with Crippen LogP contribution >= 0.6 is 11.3 Å². The lowest BCUT2D eigenvalue weighted by atomic mass is 10.2. The summed E-state index contributed by atoms with van der Waals surface area (Å²) in [5.41, 5.74) is 0.879. The zero-order valence-corrected chi connectivity index (χ0v) is 14.8. The van der Waals surface area contributed by atoms with E-state index in [1.54, 1.807) is 6.07 Å². The highest BCUT2D eigenvalue weighted by molar-refractivity contribution is 7.21. The van der Waals surface area contributed by atoms with Crippen LogP contribution in [0.25, 0.3) is 21.0 Å². The third-order valence-electron chi connectivity index (χ3n) is 3.67. The molecule has 0 aliphatic rings. The van der Waals surface area contributed by atoms with Crippen molar-refractivity contribution >= 4 is 33.4 Å². The highest BCUT2D eigenvalue weighted by atomic mass is 32.1. The maximum atomic E-state index is 12.0. The first-order chi connectivity index (χ1) is 12.1. The summed E-state index contributed by atoms with van der Waals surface area (Å²) >= 11 is 1.48. The number of nitrogens with zero attached hydrogens (tertiary/aromatic N) is 1. The maximum Gasteiger partial charge on any atom is 0.374 e. The summed E-state index contributed by atoms with van der Waals surface area (Å²) in [6.45, 7) is 3.51. The average Bonchev–Trinajstić information content (AvgIpc) is 3.25. The standard InChI is InChI=1S/C18H18N2O4S/c1-3-11(2)19-16(21)10-23-18(22)14-9-8-13(24-14)17-20-12-6-4-5-7-15(12)25-17/h4-9,11H,3,10H2,1-2H3,(H,19,21)/t11-/m0/s1. The molecule has 7 heteroatoms. The Balaban J connectivity index is 1.64. The second-order valence-corrected chi connectivity index (χ2v) is 6.63. The fraction of sp³-hybridized carbons (Fsp3) is 0.278. The van der Waals surface area contributed by atoms with Gasteiger partial charge in [0, 0.05) is 6.04 Å². The van der Waals surface area contributed by atoms with E-state index < -0.39 is 5.97 Å². The van der Waals surface area contributed by atoms with Crippen LogP contribution in [0.5, 0.6) is 0 Å². The number of nitrogens with one attached hydrogen (secondary N) is 1. The number of carbonyl (C=O) groups is 2. The lowest BCUT2D eigenvalue weighted by Crippen LogP contribution is -2.35. The predicted octanol–water partition coefficient (Wildman–Crippen LogP) is 3.63. The van der Waals surface area contributed by atoms with Crippen molar-refractivity contribution in [3.8, 4) is 10.8 Å². The minimum atomic E-state index is -0.674. The summed E-state index contributed by atoms with van der Waals surface area (Å²) in [6.07, 6.45) is 0.809. The lowest BCUT2D eigenvalue weighted by Gasteiger charge is -2.10. The Bertz CT molecular complexity index is 866. The second kappa shape index (κ2) is 7.48. The normalized spacial score (nSPS) is 12.1. The average molecular weight is 358 g/mol. The molecule has 1 aromatic carbocycles. The van der Waals surface area contributed by atoms with E-state index >= 15 is 0 Å². The molecule has 0 aliphatic carbocycles. The number of amides is 1. The van der Waals surface area contributed by atoms with E-state index in [1.807, 2.05) is 38.1 Å². The number of esters is 1. The fourth-order valence-electron chi connectivity index (χ4n) is 2.16. The number of hydrogen-bond donors (Lipinski definition) is 1.